The summed E-state index contributed by atoms with van der Waals surface area (Å²) in [5.74, 6) is 0.477. The Bertz CT molecular complexity index is 939. The van der Waals surface area contributed by atoms with Gasteiger partial charge in [-0.1, -0.05) is 32.0 Å². The number of aryl methyl sites for hydroxylation is 1. The second-order valence-electron chi connectivity index (χ2n) is 8.49. The molecule has 0 aliphatic carbocycles. The van der Waals surface area contributed by atoms with Gasteiger partial charge in [-0.3, -0.25) is 9.59 Å². The number of carbonyl (C=O) groups excluding carboxylic acids is 2. The van der Waals surface area contributed by atoms with Crippen LogP contribution in [0.3, 0.4) is 0 Å². The fourth-order valence-electron chi connectivity index (χ4n) is 4.46. The number of benzene rings is 1. The second-order valence-corrected chi connectivity index (χ2v) is 8.49. The number of anilines is 1. The summed E-state index contributed by atoms with van der Waals surface area (Å²) in [7, 11) is 0. The Morgan fingerprint density at radius 2 is 1.79 bits per heavy atom. The maximum absolute atomic E-state index is 13.3. The highest BCUT2D eigenvalue weighted by atomic mass is 16.2. The molecular formula is C23H30N4O2. The molecule has 6 nitrogen and oxygen atoms in total. The highest BCUT2D eigenvalue weighted by Gasteiger charge is 2.31. The van der Waals surface area contributed by atoms with E-state index in [0.717, 1.165) is 74.2 Å². The average Bonchev–Trinajstić information content (AvgIpc) is 3.37. The van der Waals surface area contributed by atoms with Crippen LogP contribution in [0.5, 0.6) is 0 Å². The molecule has 2 amide bonds. The molecule has 0 atom stereocenters. The van der Waals surface area contributed by atoms with E-state index in [1.807, 2.05) is 28.5 Å². The van der Waals surface area contributed by atoms with Gasteiger partial charge in [0.05, 0.1) is 5.69 Å². The van der Waals surface area contributed by atoms with Gasteiger partial charge >= 0.3 is 0 Å². The molecule has 1 aromatic carbocycles. The molecule has 3 heterocycles. The number of hydrogen-bond donors (Lipinski definition) is 1. The molecule has 1 aromatic heterocycles. The number of hydrogen-bond acceptors (Lipinski definition) is 3. The molecule has 4 rings (SSSR count). The van der Waals surface area contributed by atoms with E-state index in [1.54, 1.807) is 0 Å². The molecule has 0 radical (unpaired) electrons. The van der Waals surface area contributed by atoms with Crippen LogP contribution in [0.25, 0.3) is 0 Å². The van der Waals surface area contributed by atoms with Crippen molar-refractivity contribution in [1.29, 1.82) is 0 Å². The first-order valence-corrected chi connectivity index (χ1v) is 10.8. The Morgan fingerprint density at radius 3 is 2.52 bits per heavy atom. The normalized spacial score (nSPS) is 16.2. The van der Waals surface area contributed by atoms with Crippen molar-refractivity contribution in [3.8, 4) is 0 Å². The smallest absolute Gasteiger partial charge is 0.289 e. The van der Waals surface area contributed by atoms with E-state index in [4.69, 9.17) is 0 Å². The molecule has 1 saturated heterocycles. The van der Waals surface area contributed by atoms with Crippen LogP contribution in [-0.4, -0.2) is 39.4 Å². The molecular weight excluding hydrogens is 364 g/mol. The van der Waals surface area contributed by atoms with Crippen LogP contribution in [0, 0.1) is 6.92 Å². The minimum Gasteiger partial charge on any atom is -0.336 e. The van der Waals surface area contributed by atoms with Crippen molar-refractivity contribution in [3.05, 3.63) is 46.5 Å². The summed E-state index contributed by atoms with van der Waals surface area (Å²) in [4.78, 5) is 32.7. The van der Waals surface area contributed by atoms with Gasteiger partial charge in [0, 0.05) is 25.3 Å². The van der Waals surface area contributed by atoms with Crippen LogP contribution >= 0.6 is 0 Å². The number of nitrogens with zero attached hydrogens (tertiary/aromatic N) is 3. The Kier molecular flexibility index (Phi) is 5.43. The molecule has 1 fully saturated rings. The lowest BCUT2D eigenvalue weighted by molar-refractivity contribution is 0.0774. The summed E-state index contributed by atoms with van der Waals surface area (Å²) >= 11 is 0. The SMILES string of the molecule is Cc1cccc(C(C)C)c1NC(=O)c1nc(C(=O)N2CCCC2)n2c1CCCC2. The van der Waals surface area contributed by atoms with Gasteiger partial charge in [0.15, 0.2) is 11.5 Å². The number of rotatable bonds is 4. The Labute approximate surface area is 172 Å². The van der Waals surface area contributed by atoms with Crippen molar-refractivity contribution < 1.29 is 9.59 Å². The van der Waals surface area contributed by atoms with Crippen LogP contribution < -0.4 is 5.32 Å². The lowest BCUT2D eigenvalue weighted by atomic mass is 9.98. The summed E-state index contributed by atoms with van der Waals surface area (Å²) in [6.45, 7) is 8.57. The van der Waals surface area contributed by atoms with Crippen LogP contribution in [0.4, 0.5) is 5.69 Å². The first kappa shape index (κ1) is 19.7. The van der Waals surface area contributed by atoms with Crippen molar-refractivity contribution in [1.82, 2.24) is 14.5 Å². The molecule has 0 bridgehead atoms. The second kappa shape index (κ2) is 8.01. The Balaban J connectivity index is 1.69. The summed E-state index contributed by atoms with van der Waals surface area (Å²) in [6, 6.07) is 6.08. The fraction of sp³-hybridized carbons (Fsp3) is 0.522. The van der Waals surface area contributed by atoms with Crippen LogP contribution in [0.2, 0.25) is 0 Å². The summed E-state index contributed by atoms with van der Waals surface area (Å²) in [5.41, 5.74) is 4.31. The highest BCUT2D eigenvalue weighted by Crippen LogP contribution is 2.29. The van der Waals surface area contributed by atoms with E-state index in [2.05, 4.69) is 30.2 Å². The molecule has 2 aromatic rings. The number of fused-ring (bicyclic) bond motifs is 1. The number of amides is 2. The van der Waals surface area contributed by atoms with Gasteiger partial charge in [0.25, 0.3) is 11.8 Å². The van der Waals surface area contributed by atoms with Crippen molar-refractivity contribution in [3.63, 3.8) is 0 Å². The van der Waals surface area contributed by atoms with Gasteiger partial charge in [-0.25, -0.2) is 4.98 Å². The number of para-hydroxylation sites is 1. The Morgan fingerprint density at radius 1 is 1.07 bits per heavy atom. The van der Waals surface area contributed by atoms with Gasteiger partial charge in [-0.05, 0) is 56.1 Å². The van der Waals surface area contributed by atoms with Crippen LogP contribution in [0.15, 0.2) is 18.2 Å². The predicted octanol–water partition coefficient (Wildman–Crippen LogP) is 4.14. The van der Waals surface area contributed by atoms with Gasteiger partial charge in [-0.15, -0.1) is 0 Å². The number of carbonyl (C=O) groups is 2. The summed E-state index contributed by atoms with van der Waals surface area (Å²) in [6.07, 6.45) is 4.90. The lowest BCUT2D eigenvalue weighted by Gasteiger charge is -2.20. The first-order valence-electron chi connectivity index (χ1n) is 10.8. The van der Waals surface area contributed by atoms with E-state index in [1.165, 1.54) is 0 Å². The van der Waals surface area contributed by atoms with Crippen molar-refractivity contribution in [2.45, 2.75) is 65.3 Å². The third-order valence-electron chi connectivity index (χ3n) is 6.08. The third-order valence-corrected chi connectivity index (χ3v) is 6.08. The molecule has 1 N–H and O–H groups in total. The monoisotopic (exact) mass is 394 g/mol. The minimum atomic E-state index is -0.215. The third kappa shape index (κ3) is 3.68. The van der Waals surface area contributed by atoms with E-state index < -0.39 is 0 Å². The summed E-state index contributed by atoms with van der Waals surface area (Å²) < 4.78 is 1.99. The molecule has 2 aliphatic rings. The van der Waals surface area contributed by atoms with Crippen LogP contribution in [0.1, 0.15) is 83.4 Å². The molecule has 0 unspecified atom stereocenters. The zero-order valence-electron chi connectivity index (χ0n) is 17.6. The minimum absolute atomic E-state index is 0.0385. The first-order chi connectivity index (χ1) is 14.0. The zero-order valence-corrected chi connectivity index (χ0v) is 17.6. The highest BCUT2D eigenvalue weighted by molar-refractivity contribution is 6.05. The predicted molar refractivity (Wildman–Crippen MR) is 114 cm³/mol. The standard InChI is InChI=1S/C23H30N4O2/c1-15(2)17-10-8-9-16(3)19(17)25-22(28)20-18-11-4-5-14-27(18)21(24-20)23(29)26-12-6-7-13-26/h8-10,15H,4-7,11-14H2,1-3H3,(H,25,28). The van der Waals surface area contributed by atoms with E-state index >= 15 is 0 Å². The largest absolute Gasteiger partial charge is 0.336 e. The van der Waals surface area contributed by atoms with Gasteiger partial charge in [0.1, 0.15) is 0 Å². The molecule has 6 heteroatoms. The fourth-order valence-corrected chi connectivity index (χ4v) is 4.46. The van der Waals surface area contributed by atoms with E-state index in [0.29, 0.717) is 17.4 Å². The van der Waals surface area contributed by atoms with Gasteiger partial charge in [0.2, 0.25) is 0 Å². The number of likely N-dealkylation sites (tertiary alicyclic amines) is 1. The summed E-state index contributed by atoms with van der Waals surface area (Å²) in [5, 5.41) is 3.11. The van der Waals surface area contributed by atoms with Crippen LogP contribution in [-0.2, 0) is 13.0 Å². The van der Waals surface area contributed by atoms with E-state index in [9.17, 15) is 9.59 Å². The molecule has 154 valence electrons. The maximum atomic E-state index is 13.3. The van der Waals surface area contributed by atoms with Crippen molar-refractivity contribution >= 4 is 17.5 Å². The van der Waals surface area contributed by atoms with Gasteiger partial charge in [-0.2, -0.15) is 0 Å². The quantitative estimate of drug-likeness (QED) is 0.847. The maximum Gasteiger partial charge on any atom is 0.289 e. The molecule has 0 spiro atoms. The van der Waals surface area contributed by atoms with Crippen molar-refractivity contribution in [2.75, 3.05) is 18.4 Å². The van der Waals surface area contributed by atoms with Gasteiger partial charge < -0.3 is 14.8 Å². The number of nitrogens with one attached hydrogen (secondary N) is 1. The number of imidazole rings is 1. The lowest BCUT2D eigenvalue weighted by Crippen LogP contribution is -2.31. The van der Waals surface area contributed by atoms with E-state index in [-0.39, 0.29) is 11.8 Å². The molecule has 29 heavy (non-hydrogen) atoms. The van der Waals surface area contributed by atoms with Crippen molar-refractivity contribution in [2.24, 2.45) is 0 Å². The number of aromatic nitrogens is 2. The average molecular weight is 395 g/mol. The molecule has 0 saturated carbocycles. The zero-order chi connectivity index (χ0) is 20.5. The topological polar surface area (TPSA) is 67.2 Å². The molecule has 2 aliphatic heterocycles. The Hall–Kier alpha value is -2.63.